The quantitative estimate of drug-likeness (QED) is 0.654. The van der Waals surface area contributed by atoms with Crippen molar-refractivity contribution in [3.05, 3.63) is 33.1 Å². The van der Waals surface area contributed by atoms with Crippen molar-refractivity contribution in [2.24, 2.45) is 5.41 Å². The van der Waals surface area contributed by atoms with Crippen LogP contribution >= 0.6 is 0 Å². The predicted octanol–water partition coefficient (Wildman–Crippen LogP) is -0.236. The topological polar surface area (TPSA) is 95.3 Å². The minimum Gasteiger partial charge on any atom is -0.392 e. The molecule has 2 aliphatic rings. The summed E-state index contributed by atoms with van der Waals surface area (Å²) in [7, 11) is 0. The number of hydrogen-bond donors (Lipinski definition) is 3. The molecular formula is C13H18N2O4. The van der Waals surface area contributed by atoms with Gasteiger partial charge in [0, 0.05) is 23.7 Å². The Balaban J connectivity index is 1.93. The fraction of sp³-hybridized carbons (Fsp3) is 0.692. The normalized spacial score (nSPS) is 38.1. The fourth-order valence-electron chi connectivity index (χ4n) is 3.78. The van der Waals surface area contributed by atoms with E-state index in [9.17, 15) is 19.8 Å². The fourth-order valence-corrected chi connectivity index (χ4v) is 3.78. The third kappa shape index (κ3) is 1.86. The van der Waals surface area contributed by atoms with Gasteiger partial charge in [0.05, 0.1) is 12.2 Å². The van der Waals surface area contributed by atoms with Crippen molar-refractivity contribution in [3.8, 4) is 0 Å². The lowest BCUT2D eigenvalue weighted by Gasteiger charge is -2.31. The second kappa shape index (κ2) is 4.31. The lowest BCUT2D eigenvalue weighted by molar-refractivity contribution is -0.0302. The molecule has 6 nitrogen and oxygen atoms in total. The maximum Gasteiger partial charge on any atom is 0.328 e. The summed E-state index contributed by atoms with van der Waals surface area (Å²) in [6.45, 7) is 0. The Kier molecular flexibility index (Phi) is 2.87. The number of aromatic nitrogens is 2. The molecule has 1 aromatic rings. The average Bonchev–Trinajstić information content (AvgIpc) is 2.86. The number of aromatic amines is 1. The smallest absolute Gasteiger partial charge is 0.328 e. The van der Waals surface area contributed by atoms with Crippen molar-refractivity contribution >= 4 is 0 Å². The molecule has 2 aliphatic carbocycles. The van der Waals surface area contributed by atoms with Gasteiger partial charge in [0.2, 0.25) is 0 Å². The standard InChI is InChI=1S/C13H18N2O4/c16-9-2-1-4-13(9)7-8(6-10(13)17)15-5-3-11(18)14-12(15)19/h3,5,8-10,16-17H,1-2,4,6-7H2,(H,14,18,19)/t8-,9-,10-,13?/m1/s1. The lowest BCUT2D eigenvalue weighted by atomic mass is 9.80. The Morgan fingerprint density at radius 1 is 1.32 bits per heavy atom. The molecule has 104 valence electrons. The average molecular weight is 266 g/mol. The van der Waals surface area contributed by atoms with Crippen molar-refractivity contribution in [1.29, 1.82) is 0 Å². The van der Waals surface area contributed by atoms with Crippen molar-refractivity contribution in [3.63, 3.8) is 0 Å². The van der Waals surface area contributed by atoms with Gasteiger partial charge in [-0.05, 0) is 25.7 Å². The molecule has 1 unspecified atom stereocenters. The van der Waals surface area contributed by atoms with E-state index in [4.69, 9.17) is 0 Å². The molecule has 0 radical (unpaired) electrons. The highest BCUT2D eigenvalue weighted by atomic mass is 16.3. The molecule has 1 spiro atoms. The third-order valence-electron chi connectivity index (χ3n) is 4.80. The second-order valence-electron chi connectivity index (χ2n) is 5.77. The molecule has 0 aliphatic heterocycles. The molecule has 4 atom stereocenters. The first kappa shape index (κ1) is 12.6. The maximum absolute atomic E-state index is 11.8. The minimum atomic E-state index is -0.589. The number of nitrogens with zero attached hydrogens (tertiary/aromatic N) is 1. The molecular weight excluding hydrogens is 248 g/mol. The summed E-state index contributed by atoms with van der Waals surface area (Å²) in [5, 5.41) is 20.4. The van der Waals surface area contributed by atoms with Gasteiger partial charge in [-0.15, -0.1) is 0 Å². The van der Waals surface area contributed by atoms with Crippen LogP contribution in [0.3, 0.4) is 0 Å². The van der Waals surface area contributed by atoms with Crippen LogP contribution in [0.4, 0.5) is 0 Å². The summed E-state index contributed by atoms with van der Waals surface area (Å²) >= 11 is 0. The van der Waals surface area contributed by atoms with Crippen molar-refractivity contribution in [2.75, 3.05) is 0 Å². The molecule has 0 aromatic carbocycles. The highest BCUT2D eigenvalue weighted by Crippen LogP contribution is 2.53. The van der Waals surface area contributed by atoms with E-state index in [0.29, 0.717) is 19.3 Å². The first-order valence-corrected chi connectivity index (χ1v) is 6.70. The van der Waals surface area contributed by atoms with Crippen LogP contribution in [0.1, 0.15) is 38.1 Å². The zero-order chi connectivity index (χ0) is 13.6. The Morgan fingerprint density at radius 3 is 2.74 bits per heavy atom. The molecule has 19 heavy (non-hydrogen) atoms. The van der Waals surface area contributed by atoms with Gasteiger partial charge in [-0.1, -0.05) is 6.42 Å². The lowest BCUT2D eigenvalue weighted by Crippen LogP contribution is -2.37. The molecule has 2 fully saturated rings. The van der Waals surface area contributed by atoms with Gasteiger partial charge in [0.15, 0.2) is 0 Å². The van der Waals surface area contributed by atoms with Crippen LogP contribution in [0.25, 0.3) is 0 Å². The van der Waals surface area contributed by atoms with Crippen LogP contribution in [-0.4, -0.2) is 32.0 Å². The summed E-state index contributed by atoms with van der Waals surface area (Å²) in [4.78, 5) is 25.1. The molecule has 3 rings (SSSR count). The first-order chi connectivity index (χ1) is 9.03. The van der Waals surface area contributed by atoms with Crippen LogP contribution < -0.4 is 11.2 Å². The monoisotopic (exact) mass is 266 g/mol. The van der Waals surface area contributed by atoms with Crippen LogP contribution in [-0.2, 0) is 0 Å². The van der Waals surface area contributed by atoms with Crippen molar-refractivity contribution in [1.82, 2.24) is 9.55 Å². The Morgan fingerprint density at radius 2 is 2.11 bits per heavy atom. The summed E-state index contributed by atoms with van der Waals surface area (Å²) in [5.41, 5.74) is -1.34. The zero-order valence-corrected chi connectivity index (χ0v) is 10.6. The SMILES string of the molecule is O=c1ccn([C@@H]2C[C@@H](O)C3(CCC[C@H]3O)C2)c(=O)[nH]1. The Hall–Kier alpha value is -1.40. The number of nitrogens with one attached hydrogen (secondary N) is 1. The Bertz CT molecular complexity index is 593. The summed E-state index contributed by atoms with van der Waals surface area (Å²) in [5.74, 6) is 0. The Labute approximate surface area is 109 Å². The van der Waals surface area contributed by atoms with Gasteiger partial charge in [-0.3, -0.25) is 14.3 Å². The van der Waals surface area contributed by atoms with Crippen LogP contribution in [0.2, 0.25) is 0 Å². The number of aliphatic hydroxyl groups excluding tert-OH is 2. The van der Waals surface area contributed by atoms with E-state index >= 15 is 0 Å². The molecule has 3 N–H and O–H groups in total. The summed E-state index contributed by atoms with van der Waals surface area (Å²) in [6.07, 6.45) is 3.84. The van der Waals surface area contributed by atoms with E-state index in [0.717, 1.165) is 12.8 Å². The van der Waals surface area contributed by atoms with Gasteiger partial charge in [-0.2, -0.15) is 0 Å². The molecule has 6 heteroatoms. The van der Waals surface area contributed by atoms with E-state index in [-0.39, 0.29) is 6.04 Å². The van der Waals surface area contributed by atoms with Gasteiger partial charge in [0.25, 0.3) is 5.56 Å². The molecule has 0 bridgehead atoms. The van der Waals surface area contributed by atoms with Gasteiger partial charge in [-0.25, -0.2) is 4.79 Å². The first-order valence-electron chi connectivity index (χ1n) is 6.70. The van der Waals surface area contributed by atoms with Crippen LogP contribution in [0.5, 0.6) is 0 Å². The van der Waals surface area contributed by atoms with E-state index < -0.39 is 28.9 Å². The van der Waals surface area contributed by atoms with Gasteiger partial charge in [0.1, 0.15) is 0 Å². The largest absolute Gasteiger partial charge is 0.392 e. The number of H-pyrrole nitrogens is 1. The van der Waals surface area contributed by atoms with Crippen LogP contribution in [0, 0.1) is 5.41 Å². The van der Waals surface area contributed by atoms with Crippen LogP contribution in [0.15, 0.2) is 21.9 Å². The van der Waals surface area contributed by atoms with E-state index in [1.165, 1.54) is 16.8 Å². The zero-order valence-electron chi connectivity index (χ0n) is 10.6. The predicted molar refractivity (Wildman–Crippen MR) is 67.9 cm³/mol. The summed E-state index contributed by atoms with van der Waals surface area (Å²) < 4.78 is 1.46. The number of hydrogen-bond acceptors (Lipinski definition) is 4. The third-order valence-corrected chi connectivity index (χ3v) is 4.80. The number of aliphatic hydroxyl groups is 2. The molecule has 0 saturated heterocycles. The molecule has 2 saturated carbocycles. The molecule has 0 amide bonds. The minimum absolute atomic E-state index is 0.160. The number of rotatable bonds is 1. The van der Waals surface area contributed by atoms with Crippen molar-refractivity contribution < 1.29 is 10.2 Å². The molecule has 1 aromatic heterocycles. The van der Waals surface area contributed by atoms with Gasteiger partial charge >= 0.3 is 5.69 Å². The maximum atomic E-state index is 11.8. The highest BCUT2D eigenvalue weighted by molar-refractivity contribution is 5.05. The van der Waals surface area contributed by atoms with E-state index in [1.807, 2.05) is 0 Å². The summed E-state index contributed by atoms with van der Waals surface area (Å²) in [6, 6.07) is 1.15. The van der Waals surface area contributed by atoms with Gasteiger partial charge < -0.3 is 10.2 Å². The second-order valence-corrected chi connectivity index (χ2v) is 5.77. The van der Waals surface area contributed by atoms with E-state index in [1.54, 1.807) is 0 Å². The van der Waals surface area contributed by atoms with Crippen molar-refractivity contribution in [2.45, 2.75) is 50.4 Å². The highest BCUT2D eigenvalue weighted by Gasteiger charge is 2.53. The molecule has 1 heterocycles. The van der Waals surface area contributed by atoms with E-state index in [2.05, 4.69) is 4.98 Å².